The first-order valence-corrected chi connectivity index (χ1v) is 8.28. The minimum absolute atomic E-state index is 0.00792. The maximum Gasteiger partial charge on any atom is 0.254 e. The van der Waals surface area contributed by atoms with Crippen molar-refractivity contribution >= 4 is 11.7 Å². The van der Waals surface area contributed by atoms with Crippen molar-refractivity contribution in [2.75, 3.05) is 19.6 Å². The molecule has 0 bridgehead atoms. The van der Waals surface area contributed by atoms with Crippen molar-refractivity contribution in [2.45, 2.75) is 38.6 Å². The van der Waals surface area contributed by atoms with Gasteiger partial charge in [0.15, 0.2) is 5.78 Å². The van der Waals surface area contributed by atoms with E-state index in [2.05, 4.69) is 5.32 Å². The van der Waals surface area contributed by atoms with E-state index in [1.807, 2.05) is 17.0 Å². The molecule has 1 amide bonds. The summed E-state index contributed by atoms with van der Waals surface area (Å²) >= 11 is 0. The molecule has 1 aliphatic carbocycles. The molecular weight excluding hydrogens is 276 g/mol. The molecule has 2 fully saturated rings. The van der Waals surface area contributed by atoms with Crippen LogP contribution in [-0.4, -0.2) is 42.3 Å². The van der Waals surface area contributed by atoms with E-state index in [9.17, 15) is 9.59 Å². The molecule has 4 nitrogen and oxygen atoms in total. The molecule has 1 saturated carbocycles. The smallest absolute Gasteiger partial charge is 0.254 e. The highest BCUT2D eigenvalue weighted by Gasteiger charge is 2.27. The van der Waals surface area contributed by atoms with Crippen LogP contribution in [0.1, 0.15) is 53.3 Å². The maximum absolute atomic E-state index is 12.7. The fraction of sp³-hybridized carbons (Fsp3) is 0.556. The standard InChI is InChI=1S/C18H24N2O2/c1-13(21)16-4-2-3-5-17(16)18(22)20-10-8-15(9-11-20)19-12-14-6-7-14/h2-5,14-15,19H,6-12H2,1H3. The Morgan fingerprint density at radius 2 is 1.73 bits per heavy atom. The molecule has 1 aliphatic heterocycles. The van der Waals surface area contributed by atoms with E-state index in [-0.39, 0.29) is 11.7 Å². The number of amides is 1. The molecule has 1 N–H and O–H groups in total. The molecule has 4 heteroatoms. The Labute approximate surface area is 131 Å². The van der Waals surface area contributed by atoms with Crippen LogP contribution in [0.4, 0.5) is 0 Å². The minimum atomic E-state index is -0.0510. The van der Waals surface area contributed by atoms with Gasteiger partial charge in [-0.05, 0) is 51.1 Å². The zero-order valence-electron chi connectivity index (χ0n) is 13.2. The first-order valence-electron chi connectivity index (χ1n) is 8.28. The number of nitrogens with one attached hydrogen (secondary N) is 1. The van der Waals surface area contributed by atoms with E-state index in [0.29, 0.717) is 17.2 Å². The van der Waals surface area contributed by atoms with E-state index in [1.165, 1.54) is 19.8 Å². The third kappa shape index (κ3) is 3.55. The van der Waals surface area contributed by atoms with Gasteiger partial charge in [0.2, 0.25) is 0 Å². The summed E-state index contributed by atoms with van der Waals surface area (Å²) in [4.78, 5) is 26.2. The Hall–Kier alpha value is -1.68. The fourth-order valence-corrected chi connectivity index (χ4v) is 3.09. The fourth-order valence-electron chi connectivity index (χ4n) is 3.09. The van der Waals surface area contributed by atoms with E-state index in [4.69, 9.17) is 0 Å². The SMILES string of the molecule is CC(=O)c1ccccc1C(=O)N1CCC(NCC2CC2)CC1. The molecule has 0 aromatic heterocycles. The van der Waals surface area contributed by atoms with Gasteiger partial charge in [0.05, 0.1) is 5.56 Å². The third-order valence-corrected chi connectivity index (χ3v) is 4.71. The van der Waals surface area contributed by atoms with Crippen LogP contribution in [0.3, 0.4) is 0 Å². The number of Topliss-reactive ketones (excluding diaryl/α,β-unsaturated/α-hetero) is 1. The summed E-state index contributed by atoms with van der Waals surface area (Å²) in [5, 5.41) is 3.62. The molecular formula is C18H24N2O2. The zero-order valence-corrected chi connectivity index (χ0v) is 13.2. The van der Waals surface area contributed by atoms with E-state index in [1.54, 1.807) is 12.1 Å². The van der Waals surface area contributed by atoms with Crippen LogP contribution in [0.2, 0.25) is 0 Å². The van der Waals surface area contributed by atoms with Gasteiger partial charge >= 0.3 is 0 Å². The summed E-state index contributed by atoms with van der Waals surface area (Å²) in [5.74, 6) is 0.832. The van der Waals surface area contributed by atoms with Crippen LogP contribution in [0.25, 0.3) is 0 Å². The highest BCUT2D eigenvalue weighted by molar-refractivity contribution is 6.07. The summed E-state index contributed by atoms with van der Waals surface area (Å²) < 4.78 is 0. The number of rotatable bonds is 5. The van der Waals surface area contributed by atoms with E-state index < -0.39 is 0 Å². The number of benzene rings is 1. The Kier molecular flexibility index (Phi) is 4.57. The molecule has 1 heterocycles. The van der Waals surface area contributed by atoms with E-state index in [0.717, 1.165) is 38.4 Å². The third-order valence-electron chi connectivity index (χ3n) is 4.71. The lowest BCUT2D eigenvalue weighted by atomic mass is 10.00. The number of piperidine rings is 1. The van der Waals surface area contributed by atoms with E-state index >= 15 is 0 Å². The van der Waals surface area contributed by atoms with Gasteiger partial charge in [0, 0.05) is 24.7 Å². The molecule has 3 rings (SSSR count). The van der Waals surface area contributed by atoms with Crippen molar-refractivity contribution in [1.82, 2.24) is 10.2 Å². The summed E-state index contributed by atoms with van der Waals surface area (Å²) in [5.41, 5.74) is 1.07. The van der Waals surface area contributed by atoms with Crippen LogP contribution in [0, 0.1) is 5.92 Å². The van der Waals surface area contributed by atoms with Crippen molar-refractivity contribution in [1.29, 1.82) is 0 Å². The van der Waals surface area contributed by atoms with Crippen LogP contribution >= 0.6 is 0 Å². The largest absolute Gasteiger partial charge is 0.339 e. The van der Waals surface area contributed by atoms with Crippen LogP contribution in [0.5, 0.6) is 0 Å². The van der Waals surface area contributed by atoms with Gasteiger partial charge in [0.25, 0.3) is 5.91 Å². The quantitative estimate of drug-likeness (QED) is 0.850. The molecule has 1 saturated heterocycles. The topological polar surface area (TPSA) is 49.4 Å². The Morgan fingerprint density at radius 1 is 1.09 bits per heavy atom. The molecule has 1 aromatic carbocycles. The lowest BCUT2D eigenvalue weighted by molar-refractivity contribution is 0.0701. The summed E-state index contributed by atoms with van der Waals surface area (Å²) in [7, 11) is 0. The van der Waals surface area contributed by atoms with Crippen LogP contribution < -0.4 is 5.32 Å². The van der Waals surface area contributed by atoms with Gasteiger partial charge in [-0.2, -0.15) is 0 Å². The molecule has 0 atom stereocenters. The molecule has 0 unspecified atom stereocenters. The molecule has 0 radical (unpaired) electrons. The summed E-state index contributed by atoms with van der Waals surface area (Å²) in [6.07, 6.45) is 4.74. The second-order valence-corrected chi connectivity index (χ2v) is 6.52. The maximum atomic E-state index is 12.7. The highest BCUT2D eigenvalue weighted by atomic mass is 16.2. The van der Waals surface area contributed by atoms with Crippen molar-refractivity contribution in [2.24, 2.45) is 5.92 Å². The normalized spacial score (nSPS) is 19.2. The number of ketones is 1. The Morgan fingerprint density at radius 3 is 2.32 bits per heavy atom. The van der Waals surface area contributed by atoms with Crippen LogP contribution in [0.15, 0.2) is 24.3 Å². The van der Waals surface area contributed by atoms with Gasteiger partial charge in [-0.25, -0.2) is 0 Å². The second kappa shape index (κ2) is 6.61. The van der Waals surface area contributed by atoms with Crippen LogP contribution in [-0.2, 0) is 0 Å². The number of hydrogen-bond donors (Lipinski definition) is 1. The highest BCUT2D eigenvalue weighted by Crippen LogP contribution is 2.28. The van der Waals surface area contributed by atoms with Gasteiger partial charge < -0.3 is 10.2 Å². The Bertz CT molecular complexity index is 558. The van der Waals surface area contributed by atoms with Crippen molar-refractivity contribution in [3.63, 3.8) is 0 Å². The number of carbonyl (C=O) groups excluding carboxylic acids is 2. The molecule has 118 valence electrons. The average Bonchev–Trinajstić information content (AvgIpc) is 3.37. The number of carbonyl (C=O) groups is 2. The molecule has 22 heavy (non-hydrogen) atoms. The molecule has 1 aromatic rings. The Balaban J connectivity index is 1.58. The monoisotopic (exact) mass is 300 g/mol. The van der Waals surface area contributed by atoms with Gasteiger partial charge in [0.1, 0.15) is 0 Å². The van der Waals surface area contributed by atoms with Gasteiger partial charge in [-0.1, -0.05) is 18.2 Å². The lowest BCUT2D eigenvalue weighted by Gasteiger charge is -2.33. The first-order chi connectivity index (χ1) is 10.6. The minimum Gasteiger partial charge on any atom is -0.339 e. The zero-order chi connectivity index (χ0) is 15.5. The lowest BCUT2D eigenvalue weighted by Crippen LogP contribution is -2.45. The average molecular weight is 300 g/mol. The van der Waals surface area contributed by atoms with Crippen molar-refractivity contribution in [3.8, 4) is 0 Å². The second-order valence-electron chi connectivity index (χ2n) is 6.52. The number of hydrogen-bond acceptors (Lipinski definition) is 3. The summed E-state index contributed by atoms with van der Waals surface area (Å²) in [6.45, 7) is 4.19. The van der Waals surface area contributed by atoms with Crippen molar-refractivity contribution < 1.29 is 9.59 Å². The first kappa shape index (κ1) is 15.2. The number of likely N-dealkylation sites (tertiary alicyclic amines) is 1. The summed E-state index contributed by atoms with van der Waals surface area (Å²) in [6, 6.07) is 7.66. The van der Waals surface area contributed by atoms with Gasteiger partial charge in [-0.15, -0.1) is 0 Å². The number of nitrogens with zero attached hydrogens (tertiary/aromatic N) is 1. The van der Waals surface area contributed by atoms with Crippen molar-refractivity contribution in [3.05, 3.63) is 35.4 Å². The van der Waals surface area contributed by atoms with Gasteiger partial charge in [-0.3, -0.25) is 9.59 Å². The predicted octanol–water partition coefficient (Wildman–Crippen LogP) is 2.49. The predicted molar refractivity (Wildman–Crippen MR) is 86.1 cm³/mol. The molecule has 0 spiro atoms. The molecule has 2 aliphatic rings.